The van der Waals surface area contributed by atoms with Gasteiger partial charge in [-0.15, -0.1) is 16.9 Å². The van der Waals surface area contributed by atoms with E-state index in [2.05, 4.69) is 20.5 Å². The molecule has 29 heavy (non-hydrogen) atoms. The quantitative estimate of drug-likeness (QED) is 0.440. The molecule has 9 heteroatoms. The minimum absolute atomic E-state index is 0.109. The van der Waals surface area contributed by atoms with Gasteiger partial charge in [0.05, 0.1) is 18.8 Å². The number of thioether (sulfide) groups is 1. The predicted octanol–water partition coefficient (Wildman–Crippen LogP) is 4.64. The van der Waals surface area contributed by atoms with Crippen molar-refractivity contribution >= 4 is 23.4 Å². The van der Waals surface area contributed by atoms with Crippen LogP contribution in [0.3, 0.4) is 0 Å². The lowest BCUT2D eigenvalue weighted by Crippen LogP contribution is -2.22. The summed E-state index contributed by atoms with van der Waals surface area (Å²) in [4.78, 5) is 5.68. The summed E-state index contributed by atoms with van der Waals surface area (Å²) in [7, 11) is 0. The van der Waals surface area contributed by atoms with E-state index in [1.165, 1.54) is 4.90 Å². The Hall–Kier alpha value is -2.68. The van der Waals surface area contributed by atoms with Crippen LogP contribution in [0, 0.1) is 0 Å². The minimum atomic E-state index is -0.109. The highest BCUT2D eigenvalue weighted by molar-refractivity contribution is 7.98. The molecule has 0 saturated carbocycles. The fourth-order valence-corrected chi connectivity index (χ4v) is 3.77. The van der Waals surface area contributed by atoms with Gasteiger partial charge in [-0.2, -0.15) is 4.98 Å². The van der Waals surface area contributed by atoms with Gasteiger partial charge in [0.2, 0.25) is 5.82 Å². The Bertz CT molecular complexity index is 1140. The van der Waals surface area contributed by atoms with Crippen LogP contribution in [0.4, 0.5) is 0 Å². The molecule has 0 aliphatic carbocycles. The Labute approximate surface area is 176 Å². The Kier molecular flexibility index (Phi) is 4.83. The van der Waals surface area contributed by atoms with Crippen LogP contribution in [0.25, 0.3) is 23.0 Å². The van der Waals surface area contributed by atoms with Crippen molar-refractivity contribution in [3.63, 3.8) is 0 Å². The molecule has 2 aromatic heterocycles. The Morgan fingerprint density at radius 2 is 1.90 bits per heavy atom. The Morgan fingerprint density at radius 1 is 1.10 bits per heavy atom. The van der Waals surface area contributed by atoms with E-state index < -0.39 is 0 Å². The number of hydrogen-bond donors (Lipinski definition) is 0. The zero-order chi connectivity index (χ0) is 19.8. The third-order valence-electron chi connectivity index (χ3n) is 4.82. The number of aromatic nitrogens is 5. The predicted molar refractivity (Wildman–Crippen MR) is 110 cm³/mol. The van der Waals surface area contributed by atoms with Gasteiger partial charge in [0, 0.05) is 15.5 Å². The number of benzene rings is 2. The summed E-state index contributed by atoms with van der Waals surface area (Å²) >= 11 is 7.66. The first-order valence-electron chi connectivity index (χ1n) is 8.99. The van der Waals surface area contributed by atoms with Crippen LogP contribution in [-0.4, -0.2) is 31.4 Å². The normalized spacial score (nSPS) is 16.0. The van der Waals surface area contributed by atoms with Crippen molar-refractivity contribution in [2.24, 2.45) is 0 Å². The van der Waals surface area contributed by atoms with E-state index in [0.29, 0.717) is 35.6 Å². The van der Waals surface area contributed by atoms with Gasteiger partial charge >= 0.3 is 0 Å². The van der Waals surface area contributed by atoms with E-state index in [-0.39, 0.29) is 6.10 Å². The van der Waals surface area contributed by atoms with Gasteiger partial charge in [-0.05, 0) is 48.2 Å². The van der Waals surface area contributed by atoms with E-state index in [1.807, 2.05) is 59.5 Å². The first kappa shape index (κ1) is 18.4. The highest BCUT2D eigenvalue weighted by atomic mass is 35.5. The summed E-state index contributed by atoms with van der Waals surface area (Å²) in [5.74, 6) is 0.855. The fourth-order valence-electron chi connectivity index (χ4n) is 3.23. The third kappa shape index (κ3) is 3.55. The van der Waals surface area contributed by atoms with Crippen LogP contribution in [-0.2, 0) is 17.9 Å². The Balaban J connectivity index is 1.39. The zero-order valence-corrected chi connectivity index (χ0v) is 17.0. The van der Waals surface area contributed by atoms with Crippen molar-refractivity contribution in [1.82, 2.24) is 25.1 Å². The lowest BCUT2D eigenvalue weighted by molar-refractivity contribution is -0.00117. The van der Waals surface area contributed by atoms with Crippen molar-refractivity contribution in [2.75, 3.05) is 6.26 Å². The van der Waals surface area contributed by atoms with Crippen molar-refractivity contribution < 1.29 is 9.26 Å². The topological polar surface area (TPSA) is 78.9 Å². The first-order valence-corrected chi connectivity index (χ1v) is 10.6. The minimum Gasteiger partial charge on any atom is -0.365 e. The molecular formula is C20H16ClN5O2S. The van der Waals surface area contributed by atoms with Crippen molar-refractivity contribution in [1.29, 1.82) is 0 Å². The molecule has 0 spiro atoms. The maximum Gasteiger partial charge on any atom is 0.280 e. The summed E-state index contributed by atoms with van der Waals surface area (Å²) in [6, 6.07) is 15.6. The highest BCUT2D eigenvalue weighted by Gasteiger charge is 2.28. The van der Waals surface area contributed by atoms with E-state index in [4.69, 9.17) is 20.9 Å². The number of ether oxygens (including phenoxy) is 1. The number of halogens is 1. The van der Waals surface area contributed by atoms with E-state index in [1.54, 1.807) is 11.8 Å². The maximum absolute atomic E-state index is 6.03. The van der Waals surface area contributed by atoms with Gasteiger partial charge in [-0.1, -0.05) is 34.1 Å². The van der Waals surface area contributed by atoms with Crippen LogP contribution in [0.1, 0.15) is 17.4 Å². The molecule has 0 bridgehead atoms. The molecule has 1 unspecified atom stereocenters. The lowest BCUT2D eigenvalue weighted by atomic mass is 10.1. The van der Waals surface area contributed by atoms with Gasteiger partial charge in [0.25, 0.3) is 5.89 Å². The second kappa shape index (κ2) is 7.62. The monoisotopic (exact) mass is 425 g/mol. The summed E-state index contributed by atoms with van der Waals surface area (Å²) in [6.45, 7) is 0.914. The van der Waals surface area contributed by atoms with E-state index in [0.717, 1.165) is 16.8 Å². The standard InChI is InChI=1S/C20H16ClN5O2S/c1-29-15-8-4-13(5-9-15)19-22-20(28-24-19)18-16-11-27-17(10-26(16)25-23-18)12-2-6-14(21)7-3-12/h2-9,17H,10-11H2,1H3. The second-order valence-electron chi connectivity index (χ2n) is 6.57. The summed E-state index contributed by atoms with van der Waals surface area (Å²) in [5, 5.41) is 13.3. The maximum atomic E-state index is 6.03. The molecular weight excluding hydrogens is 410 g/mol. The molecule has 1 aliphatic heterocycles. The molecule has 3 heterocycles. The largest absolute Gasteiger partial charge is 0.365 e. The smallest absolute Gasteiger partial charge is 0.280 e. The number of hydrogen-bond acceptors (Lipinski definition) is 7. The fraction of sp³-hybridized carbons (Fsp3) is 0.200. The molecule has 2 aromatic carbocycles. The summed E-state index contributed by atoms with van der Waals surface area (Å²) in [5.41, 5.74) is 3.31. The van der Waals surface area contributed by atoms with Gasteiger partial charge in [-0.3, -0.25) is 0 Å². The van der Waals surface area contributed by atoms with Gasteiger partial charge in [0.1, 0.15) is 6.10 Å². The van der Waals surface area contributed by atoms with Crippen molar-refractivity contribution in [2.45, 2.75) is 24.2 Å². The third-order valence-corrected chi connectivity index (χ3v) is 5.81. The van der Waals surface area contributed by atoms with E-state index in [9.17, 15) is 0 Å². The SMILES string of the molecule is CSc1ccc(-c2noc(-c3nnn4c3COC(c3ccc(Cl)cc3)C4)n2)cc1. The molecule has 1 aliphatic rings. The molecule has 0 amide bonds. The summed E-state index contributed by atoms with van der Waals surface area (Å²) < 4.78 is 13.3. The van der Waals surface area contributed by atoms with Crippen LogP contribution in [0.15, 0.2) is 57.9 Å². The second-order valence-corrected chi connectivity index (χ2v) is 7.89. The molecule has 1 atom stereocenters. The van der Waals surface area contributed by atoms with Crippen LogP contribution < -0.4 is 0 Å². The first-order chi connectivity index (χ1) is 14.2. The molecule has 0 saturated heterocycles. The number of nitrogens with zero attached hydrogens (tertiary/aromatic N) is 5. The molecule has 0 fully saturated rings. The van der Waals surface area contributed by atoms with Gasteiger partial charge in [0.15, 0.2) is 5.69 Å². The molecule has 5 rings (SSSR count). The van der Waals surface area contributed by atoms with Crippen LogP contribution in [0.5, 0.6) is 0 Å². The lowest BCUT2D eigenvalue weighted by Gasteiger charge is -2.24. The van der Waals surface area contributed by atoms with E-state index >= 15 is 0 Å². The van der Waals surface area contributed by atoms with Gasteiger partial charge < -0.3 is 9.26 Å². The molecule has 4 aromatic rings. The Morgan fingerprint density at radius 3 is 2.66 bits per heavy atom. The average Bonchev–Trinajstić information content (AvgIpc) is 3.41. The molecule has 146 valence electrons. The van der Waals surface area contributed by atoms with Crippen molar-refractivity contribution in [3.05, 3.63) is 64.8 Å². The van der Waals surface area contributed by atoms with Crippen LogP contribution in [0.2, 0.25) is 5.02 Å². The van der Waals surface area contributed by atoms with Crippen LogP contribution >= 0.6 is 23.4 Å². The molecule has 7 nitrogen and oxygen atoms in total. The molecule has 0 radical (unpaired) electrons. The molecule has 0 N–H and O–H groups in total. The zero-order valence-electron chi connectivity index (χ0n) is 15.4. The van der Waals surface area contributed by atoms with Gasteiger partial charge in [-0.25, -0.2) is 4.68 Å². The summed E-state index contributed by atoms with van der Waals surface area (Å²) in [6.07, 6.45) is 1.93. The van der Waals surface area contributed by atoms with Crippen molar-refractivity contribution in [3.8, 4) is 23.0 Å². The average molecular weight is 426 g/mol. The highest BCUT2D eigenvalue weighted by Crippen LogP contribution is 2.31. The number of fused-ring (bicyclic) bond motifs is 1. The number of rotatable bonds is 4.